The average molecular weight is 988 g/mol. The number of nitrogens with one attached hydrogen (secondary N) is 2. The number of carbonyl (C=O) groups excluding carboxylic acids is 5. The number of phosphoric ester groups is 3. The summed E-state index contributed by atoms with van der Waals surface area (Å²) in [5.41, 5.74) is 3.72. The van der Waals surface area contributed by atoms with Gasteiger partial charge >= 0.3 is 23.5 Å². The SMILES string of the molecule is CC(C)(COP(=O)(O)OP(=O)(O)OC[C@H]1O[C@@H](n2cnc3c(N)ncnc32)[C@H](O)[C@@H]1OP(=O)(O)O)[C@@H](O)C(=O)NCCC(=O)NCCSC(=O)CC[C@@H]1C(=O)CC[C@]2(C)C(=O)CC[C@@H]12. The molecule has 2 aliphatic carbocycles. The van der Waals surface area contributed by atoms with Crippen molar-refractivity contribution in [3.05, 3.63) is 12.7 Å². The second kappa shape index (κ2) is 20.8. The standard InChI is InChI=1S/C34H52N7O19P3S/c1-33(2,28(47)31(48)37-11-9-23(44)36-12-13-64-24(45)7-4-18-19-5-6-22(43)34(19,3)10-8-20(18)42)15-57-63(54,55)60-62(52,53)56-14-21-27(59-61(49,50)51)26(46)32(58-21)41-17-40-25-29(35)38-16-39-30(25)41/h16-19,21,26-28,32,46-47H,4-15H2,1-3H3,(H,36,44)(H,37,48)(H,52,53)(H,54,55)(H2,35,38,39)(H2,49,50,51)/t18-,19-,21+,26+,27+,28-,32+,34-/m0/s1. The number of anilines is 1. The molecule has 0 radical (unpaired) electrons. The van der Waals surface area contributed by atoms with E-state index in [-0.39, 0.29) is 77.2 Å². The average Bonchev–Trinajstić information content (AvgIpc) is 3.86. The molecule has 1 saturated heterocycles. The Morgan fingerprint density at radius 3 is 2.45 bits per heavy atom. The van der Waals surface area contributed by atoms with Crippen LogP contribution in [0, 0.1) is 22.7 Å². The number of nitrogens with two attached hydrogens (primary N) is 1. The van der Waals surface area contributed by atoms with Crippen LogP contribution in [0.5, 0.6) is 0 Å². The van der Waals surface area contributed by atoms with Gasteiger partial charge in [-0.3, -0.25) is 42.1 Å². The van der Waals surface area contributed by atoms with Crippen molar-refractivity contribution in [2.45, 2.75) is 96.4 Å². The Balaban J connectivity index is 1.01. The zero-order valence-corrected chi connectivity index (χ0v) is 38.3. The summed E-state index contributed by atoms with van der Waals surface area (Å²) in [6.07, 6.45) is -4.52. The first-order valence-electron chi connectivity index (χ1n) is 19.8. The third kappa shape index (κ3) is 13.1. The molecule has 5 rings (SSSR count). The van der Waals surface area contributed by atoms with Gasteiger partial charge in [0.15, 0.2) is 22.8 Å². The van der Waals surface area contributed by atoms with Gasteiger partial charge in [-0.15, -0.1) is 0 Å². The van der Waals surface area contributed by atoms with Crippen LogP contribution >= 0.6 is 35.2 Å². The number of imidazole rings is 1. The van der Waals surface area contributed by atoms with Crippen LogP contribution in [-0.4, -0.2) is 134 Å². The minimum absolute atomic E-state index is 0.0219. The monoisotopic (exact) mass is 987 g/mol. The Labute approximate surface area is 369 Å². The molecule has 2 amide bonds. The quantitative estimate of drug-likeness (QED) is 0.0570. The number of ether oxygens (including phenoxy) is 1. The number of aliphatic hydroxyl groups is 2. The second-order valence-corrected chi connectivity index (χ2v) is 21.8. The molecule has 3 fully saturated rings. The highest BCUT2D eigenvalue weighted by molar-refractivity contribution is 8.13. The molecule has 1 aliphatic heterocycles. The van der Waals surface area contributed by atoms with E-state index in [0.29, 0.717) is 32.1 Å². The first-order valence-corrected chi connectivity index (χ1v) is 25.3. The molecule has 2 saturated carbocycles. The molecule has 64 heavy (non-hydrogen) atoms. The number of ketones is 2. The molecule has 10 atom stereocenters. The number of hydrogen-bond acceptors (Lipinski definition) is 20. The van der Waals surface area contributed by atoms with Gasteiger partial charge in [0.2, 0.25) is 11.8 Å². The third-order valence-corrected chi connectivity index (χ3v) is 15.4. The normalized spacial score (nSPS) is 27.5. The first-order chi connectivity index (χ1) is 29.7. The number of phosphoric acid groups is 3. The second-order valence-electron chi connectivity index (χ2n) is 16.4. The lowest BCUT2D eigenvalue weighted by atomic mass is 9.62. The lowest BCUT2D eigenvalue weighted by Crippen LogP contribution is -2.46. The van der Waals surface area contributed by atoms with E-state index in [1.807, 2.05) is 6.92 Å². The van der Waals surface area contributed by atoms with Crippen LogP contribution in [0.25, 0.3) is 11.2 Å². The number of fused-ring (bicyclic) bond motifs is 2. The van der Waals surface area contributed by atoms with Crippen molar-refractivity contribution in [1.82, 2.24) is 30.2 Å². The van der Waals surface area contributed by atoms with Crippen molar-refractivity contribution >= 4 is 80.7 Å². The number of nitrogen functional groups attached to an aromatic ring is 1. The summed E-state index contributed by atoms with van der Waals surface area (Å²) in [5.74, 6) is -1.36. The number of aliphatic hydroxyl groups excluding tert-OH is 2. The smallest absolute Gasteiger partial charge is 0.386 e. The number of Topliss-reactive ketones (excluding diaryl/α,β-unsaturated/α-hetero) is 2. The fourth-order valence-electron chi connectivity index (χ4n) is 7.86. The molecule has 30 heteroatoms. The van der Waals surface area contributed by atoms with Gasteiger partial charge in [0, 0.05) is 61.3 Å². The van der Waals surface area contributed by atoms with Gasteiger partial charge < -0.3 is 50.9 Å². The molecular formula is C34H52N7O19P3S. The Kier molecular flexibility index (Phi) is 16.9. The minimum atomic E-state index is -5.60. The van der Waals surface area contributed by atoms with Crippen LogP contribution in [0.2, 0.25) is 0 Å². The topological polar surface area (TPSA) is 398 Å². The van der Waals surface area contributed by atoms with Crippen molar-refractivity contribution in [1.29, 1.82) is 0 Å². The van der Waals surface area contributed by atoms with E-state index in [2.05, 4.69) is 34.4 Å². The van der Waals surface area contributed by atoms with Crippen LogP contribution in [0.1, 0.15) is 71.9 Å². The number of thioether (sulfide) groups is 1. The Bertz CT molecular complexity index is 2230. The third-order valence-electron chi connectivity index (χ3n) is 11.4. The van der Waals surface area contributed by atoms with Gasteiger partial charge in [0.05, 0.1) is 19.5 Å². The van der Waals surface area contributed by atoms with E-state index in [1.54, 1.807) is 0 Å². The highest BCUT2D eigenvalue weighted by atomic mass is 32.2. The summed E-state index contributed by atoms with van der Waals surface area (Å²) in [5, 5.41) is 26.3. The summed E-state index contributed by atoms with van der Waals surface area (Å²) in [7, 11) is -16.5. The van der Waals surface area contributed by atoms with Crippen molar-refractivity contribution < 1.29 is 90.1 Å². The zero-order valence-electron chi connectivity index (χ0n) is 34.8. The summed E-state index contributed by atoms with van der Waals surface area (Å²) in [6.45, 7) is 2.23. The lowest BCUT2D eigenvalue weighted by molar-refractivity contribution is -0.138. The van der Waals surface area contributed by atoms with E-state index in [9.17, 15) is 67.5 Å². The molecular weight excluding hydrogens is 935 g/mol. The minimum Gasteiger partial charge on any atom is -0.386 e. The van der Waals surface area contributed by atoms with E-state index < -0.39 is 90.0 Å². The van der Waals surface area contributed by atoms with Gasteiger partial charge in [-0.2, -0.15) is 4.31 Å². The predicted molar refractivity (Wildman–Crippen MR) is 220 cm³/mol. The maximum atomic E-state index is 12.7. The highest BCUT2D eigenvalue weighted by Crippen LogP contribution is 2.61. The Hall–Kier alpha value is -3.10. The van der Waals surface area contributed by atoms with E-state index in [1.165, 1.54) is 13.8 Å². The molecule has 3 aliphatic rings. The molecule has 2 aromatic rings. The lowest BCUT2D eigenvalue weighted by Gasteiger charge is -2.39. The number of carbonyl (C=O) groups is 5. The summed E-state index contributed by atoms with van der Waals surface area (Å²) in [4.78, 5) is 114. The summed E-state index contributed by atoms with van der Waals surface area (Å²) in [6, 6.07) is 0. The van der Waals surface area contributed by atoms with Crippen LogP contribution in [0.15, 0.2) is 12.7 Å². The van der Waals surface area contributed by atoms with Crippen LogP contribution in [0.3, 0.4) is 0 Å². The van der Waals surface area contributed by atoms with Gasteiger partial charge in [0.25, 0.3) is 0 Å². The summed E-state index contributed by atoms with van der Waals surface area (Å²) < 4.78 is 62.3. The largest absolute Gasteiger partial charge is 0.481 e. The first kappa shape index (κ1) is 51.9. The van der Waals surface area contributed by atoms with Crippen LogP contribution in [-0.2, 0) is 60.3 Å². The number of nitrogens with zero attached hydrogens (tertiary/aromatic N) is 4. The van der Waals surface area contributed by atoms with Crippen LogP contribution < -0.4 is 16.4 Å². The Morgan fingerprint density at radius 1 is 1.05 bits per heavy atom. The van der Waals surface area contributed by atoms with E-state index >= 15 is 0 Å². The maximum Gasteiger partial charge on any atom is 0.481 e. The van der Waals surface area contributed by atoms with Gasteiger partial charge in [-0.1, -0.05) is 32.5 Å². The van der Waals surface area contributed by atoms with Gasteiger partial charge in [-0.25, -0.2) is 28.6 Å². The van der Waals surface area contributed by atoms with Gasteiger partial charge in [-0.05, 0) is 25.2 Å². The molecule has 358 valence electrons. The molecule has 26 nitrogen and oxygen atoms in total. The van der Waals surface area contributed by atoms with E-state index in [4.69, 9.17) is 19.5 Å². The molecule has 2 unspecified atom stereocenters. The fraction of sp³-hybridized carbons (Fsp3) is 0.706. The number of rotatable bonds is 22. The van der Waals surface area contributed by atoms with Crippen molar-refractivity contribution in [2.75, 3.05) is 37.8 Å². The fourth-order valence-corrected chi connectivity index (χ4v) is 11.4. The number of aromatic nitrogens is 4. The molecule has 3 heterocycles. The highest BCUT2D eigenvalue weighted by Gasteiger charge is 2.54. The molecule has 0 spiro atoms. The van der Waals surface area contributed by atoms with E-state index in [0.717, 1.165) is 29.0 Å². The van der Waals surface area contributed by atoms with Crippen molar-refractivity contribution in [3.8, 4) is 0 Å². The number of hydrogen-bond donors (Lipinski definition) is 9. The van der Waals surface area contributed by atoms with Crippen molar-refractivity contribution in [3.63, 3.8) is 0 Å². The molecule has 2 aromatic heterocycles. The molecule has 0 aromatic carbocycles. The zero-order chi connectivity index (χ0) is 47.4. The number of amides is 2. The predicted octanol–water partition coefficient (Wildman–Crippen LogP) is 0.409. The maximum absolute atomic E-state index is 12.7. The Morgan fingerprint density at radius 2 is 1.75 bits per heavy atom. The van der Waals surface area contributed by atoms with Crippen molar-refractivity contribution in [2.24, 2.45) is 22.7 Å². The molecule has 0 bridgehead atoms. The molecule has 10 N–H and O–H groups in total. The summed E-state index contributed by atoms with van der Waals surface area (Å²) >= 11 is 1.01. The van der Waals surface area contributed by atoms with Crippen LogP contribution in [0.4, 0.5) is 5.82 Å². The van der Waals surface area contributed by atoms with Gasteiger partial charge in [0.1, 0.15) is 47.8 Å².